The van der Waals surface area contributed by atoms with Gasteiger partial charge in [-0.05, 0) is 5.56 Å². The SMILES string of the molecule is CC1C(=O)NC(=O)CC1c1cnn(C)c1. The van der Waals surface area contributed by atoms with E-state index >= 15 is 0 Å². The number of hydrogen-bond acceptors (Lipinski definition) is 3. The van der Waals surface area contributed by atoms with Gasteiger partial charge in [0.1, 0.15) is 0 Å². The fourth-order valence-electron chi connectivity index (χ4n) is 1.90. The van der Waals surface area contributed by atoms with E-state index in [1.807, 2.05) is 20.2 Å². The van der Waals surface area contributed by atoms with Gasteiger partial charge in [0.25, 0.3) is 0 Å². The maximum Gasteiger partial charge on any atom is 0.230 e. The molecule has 15 heavy (non-hydrogen) atoms. The molecule has 2 heterocycles. The molecule has 5 heteroatoms. The van der Waals surface area contributed by atoms with Gasteiger partial charge in [-0.3, -0.25) is 19.6 Å². The lowest BCUT2D eigenvalue weighted by Crippen LogP contribution is -2.43. The van der Waals surface area contributed by atoms with Crippen LogP contribution in [0.1, 0.15) is 24.8 Å². The number of piperidine rings is 1. The Morgan fingerprint density at radius 2 is 2.27 bits per heavy atom. The van der Waals surface area contributed by atoms with Gasteiger partial charge in [-0.2, -0.15) is 5.10 Å². The lowest BCUT2D eigenvalue weighted by atomic mass is 9.83. The molecule has 1 aliphatic rings. The Balaban J connectivity index is 2.27. The quantitative estimate of drug-likeness (QED) is 0.668. The van der Waals surface area contributed by atoms with E-state index in [0.29, 0.717) is 6.42 Å². The van der Waals surface area contributed by atoms with Gasteiger partial charge in [0.05, 0.1) is 6.20 Å². The zero-order chi connectivity index (χ0) is 11.0. The number of carbonyl (C=O) groups is 2. The molecule has 2 atom stereocenters. The van der Waals surface area contributed by atoms with Crippen molar-refractivity contribution in [2.24, 2.45) is 13.0 Å². The predicted octanol–water partition coefficient (Wildman–Crippen LogP) is 0.186. The molecular weight excluding hydrogens is 194 g/mol. The van der Waals surface area contributed by atoms with E-state index < -0.39 is 0 Å². The Labute approximate surface area is 87.5 Å². The highest BCUT2D eigenvalue weighted by molar-refractivity contribution is 5.99. The van der Waals surface area contributed by atoms with Gasteiger partial charge in [0.2, 0.25) is 11.8 Å². The smallest absolute Gasteiger partial charge is 0.230 e. The van der Waals surface area contributed by atoms with Crippen LogP contribution in [0.5, 0.6) is 0 Å². The molecular formula is C10H13N3O2. The van der Waals surface area contributed by atoms with E-state index in [9.17, 15) is 9.59 Å². The van der Waals surface area contributed by atoms with Gasteiger partial charge in [-0.25, -0.2) is 0 Å². The Morgan fingerprint density at radius 1 is 1.53 bits per heavy atom. The van der Waals surface area contributed by atoms with Gasteiger partial charge in [-0.1, -0.05) is 6.92 Å². The predicted molar refractivity (Wildman–Crippen MR) is 52.9 cm³/mol. The van der Waals surface area contributed by atoms with Crippen LogP contribution in [0.3, 0.4) is 0 Å². The molecule has 80 valence electrons. The summed E-state index contributed by atoms with van der Waals surface area (Å²) in [6, 6.07) is 0. The molecule has 0 bridgehead atoms. The number of carbonyl (C=O) groups excluding carboxylic acids is 2. The molecule has 1 aromatic heterocycles. The Morgan fingerprint density at radius 3 is 2.87 bits per heavy atom. The fraction of sp³-hybridized carbons (Fsp3) is 0.500. The zero-order valence-electron chi connectivity index (χ0n) is 8.73. The average Bonchev–Trinajstić information content (AvgIpc) is 2.58. The minimum absolute atomic E-state index is 0.0417. The van der Waals surface area contributed by atoms with Crippen molar-refractivity contribution in [1.82, 2.24) is 15.1 Å². The minimum atomic E-state index is -0.202. The Kier molecular flexibility index (Phi) is 2.30. The van der Waals surface area contributed by atoms with E-state index in [2.05, 4.69) is 10.4 Å². The van der Waals surface area contributed by atoms with Crippen molar-refractivity contribution >= 4 is 11.8 Å². The molecule has 0 aromatic carbocycles. The second-order valence-electron chi connectivity index (χ2n) is 3.96. The van der Waals surface area contributed by atoms with Crippen LogP contribution in [0.15, 0.2) is 12.4 Å². The molecule has 2 unspecified atom stereocenters. The van der Waals surface area contributed by atoms with Crippen molar-refractivity contribution < 1.29 is 9.59 Å². The number of nitrogens with zero attached hydrogens (tertiary/aromatic N) is 2. The van der Waals surface area contributed by atoms with Crippen LogP contribution in [0, 0.1) is 5.92 Å². The van der Waals surface area contributed by atoms with Crippen LogP contribution >= 0.6 is 0 Å². The summed E-state index contributed by atoms with van der Waals surface area (Å²) in [6.07, 6.45) is 3.93. The van der Waals surface area contributed by atoms with Gasteiger partial charge >= 0.3 is 0 Å². The van der Waals surface area contributed by atoms with Crippen LogP contribution in [-0.2, 0) is 16.6 Å². The third-order valence-corrected chi connectivity index (χ3v) is 2.84. The molecule has 0 saturated carbocycles. The van der Waals surface area contributed by atoms with Crippen molar-refractivity contribution in [1.29, 1.82) is 0 Å². The maximum absolute atomic E-state index is 11.4. The second kappa shape index (κ2) is 3.49. The first-order valence-electron chi connectivity index (χ1n) is 4.90. The van der Waals surface area contributed by atoms with Gasteiger partial charge < -0.3 is 0 Å². The second-order valence-corrected chi connectivity index (χ2v) is 3.96. The van der Waals surface area contributed by atoms with Gasteiger partial charge in [0.15, 0.2) is 0 Å². The normalized spacial score (nSPS) is 26.5. The molecule has 2 rings (SSSR count). The first-order chi connectivity index (χ1) is 7.08. The highest BCUT2D eigenvalue weighted by Gasteiger charge is 2.34. The molecule has 1 fully saturated rings. The Bertz CT molecular complexity index is 411. The maximum atomic E-state index is 11.4. The van der Waals surface area contributed by atoms with Crippen LogP contribution in [-0.4, -0.2) is 21.6 Å². The summed E-state index contributed by atoms with van der Waals surface area (Å²) in [5.41, 5.74) is 0.952. The van der Waals surface area contributed by atoms with Crippen LogP contribution in [0.4, 0.5) is 0 Å². The van der Waals surface area contributed by atoms with E-state index in [-0.39, 0.29) is 23.7 Å². The summed E-state index contributed by atoms with van der Waals surface area (Å²) in [4.78, 5) is 22.7. The molecule has 1 aromatic rings. The van der Waals surface area contributed by atoms with Crippen molar-refractivity contribution in [3.63, 3.8) is 0 Å². The molecule has 1 saturated heterocycles. The summed E-state index contributed by atoms with van der Waals surface area (Å²) in [5.74, 6) is -0.612. The van der Waals surface area contributed by atoms with Crippen molar-refractivity contribution in [3.8, 4) is 0 Å². The number of rotatable bonds is 1. The molecule has 2 amide bonds. The minimum Gasteiger partial charge on any atom is -0.296 e. The lowest BCUT2D eigenvalue weighted by Gasteiger charge is -2.26. The lowest BCUT2D eigenvalue weighted by molar-refractivity contribution is -0.136. The van der Waals surface area contributed by atoms with Gasteiger partial charge in [0, 0.05) is 31.5 Å². The number of imide groups is 1. The monoisotopic (exact) mass is 207 g/mol. The number of aromatic nitrogens is 2. The van der Waals surface area contributed by atoms with Crippen molar-refractivity contribution in [3.05, 3.63) is 18.0 Å². The van der Waals surface area contributed by atoms with E-state index in [4.69, 9.17) is 0 Å². The van der Waals surface area contributed by atoms with Crippen molar-refractivity contribution in [2.45, 2.75) is 19.3 Å². The highest BCUT2D eigenvalue weighted by Crippen LogP contribution is 2.30. The number of aryl methyl sites for hydroxylation is 1. The van der Waals surface area contributed by atoms with Crippen LogP contribution < -0.4 is 5.32 Å². The topological polar surface area (TPSA) is 64.0 Å². The summed E-state index contributed by atoms with van der Waals surface area (Å²) in [7, 11) is 1.82. The Hall–Kier alpha value is -1.65. The molecule has 5 nitrogen and oxygen atoms in total. The first-order valence-corrected chi connectivity index (χ1v) is 4.90. The molecule has 0 aliphatic carbocycles. The van der Waals surface area contributed by atoms with E-state index in [1.165, 1.54) is 0 Å². The molecule has 1 N–H and O–H groups in total. The summed E-state index contributed by atoms with van der Waals surface area (Å²) in [6.45, 7) is 1.83. The van der Waals surface area contributed by atoms with Gasteiger partial charge in [-0.15, -0.1) is 0 Å². The third kappa shape index (κ3) is 1.77. The highest BCUT2D eigenvalue weighted by atomic mass is 16.2. The molecule has 1 aliphatic heterocycles. The van der Waals surface area contributed by atoms with E-state index in [0.717, 1.165) is 5.56 Å². The molecule has 0 spiro atoms. The third-order valence-electron chi connectivity index (χ3n) is 2.84. The van der Waals surface area contributed by atoms with Crippen molar-refractivity contribution in [2.75, 3.05) is 0 Å². The number of amides is 2. The van der Waals surface area contributed by atoms with E-state index in [1.54, 1.807) is 10.9 Å². The van der Waals surface area contributed by atoms with Crippen LogP contribution in [0.25, 0.3) is 0 Å². The van der Waals surface area contributed by atoms with Crippen LogP contribution in [0.2, 0.25) is 0 Å². The summed E-state index contributed by atoms with van der Waals surface area (Å²) < 4.78 is 1.68. The largest absolute Gasteiger partial charge is 0.296 e. The summed E-state index contributed by atoms with van der Waals surface area (Å²) in [5, 5.41) is 6.38. The summed E-state index contributed by atoms with van der Waals surface area (Å²) >= 11 is 0. The zero-order valence-corrected chi connectivity index (χ0v) is 8.73. The number of nitrogens with one attached hydrogen (secondary N) is 1. The first kappa shape index (κ1) is 9.89. The standard InChI is InChI=1S/C10H13N3O2/c1-6-8(3-9(14)12-10(6)15)7-4-11-13(2)5-7/h4-6,8H,3H2,1-2H3,(H,12,14,15). The number of hydrogen-bond donors (Lipinski definition) is 1. The fourth-order valence-corrected chi connectivity index (χ4v) is 1.90. The molecule has 0 radical (unpaired) electrons. The average molecular weight is 207 g/mol.